The summed E-state index contributed by atoms with van der Waals surface area (Å²) in [5.74, 6) is 1.05. The van der Waals surface area contributed by atoms with Gasteiger partial charge in [-0.15, -0.1) is 0 Å². The average Bonchev–Trinajstić information content (AvgIpc) is 2.79. The Morgan fingerprint density at radius 3 is 2.83 bits per heavy atom. The smallest absolute Gasteiger partial charge is 0.168 e. The third kappa shape index (κ3) is 1.67. The molecule has 92 valence electrons. The number of aryl methyl sites for hydroxylation is 1. The zero-order valence-corrected chi connectivity index (χ0v) is 10.5. The number of carbonyl (C=O) groups excluding carboxylic acids is 1. The van der Waals surface area contributed by atoms with Crippen molar-refractivity contribution in [3.05, 3.63) is 41.9 Å². The first-order valence-corrected chi connectivity index (χ1v) is 6.43. The maximum absolute atomic E-state index is 11.4. The van der Waals surface area contributed by atoms with Crippen LogP contribution >= 0.6 is 0 Å². The molecular formula is C15H16N2O. The van der Waals surface area contributed by atoms with Gasteiger partial charge in [-0.05, 0) is 19.8 Å². The second-order valence-electron chi connectivity index (χ2n) is 4.86. The van der Waals surface area contributed by atoms with Crippen LogP contribution in [0, 0.1) is 0 Å². The number of imidazole rings is 1. The van der Waals surface area contributed by atoms with Crippen LogP contribution in [0.5, 0.6) is 0 Å². The van der Waals surface area contributed by atoms with Gasteiger partial charge in [-0.1, -0.05) is 30.3 Å². The highest BCUT2D eigenvalue weighted by atomic mass is 16.1. The van der Waals surface area contributed by atoms with Crippen molar-refractivity contribution >= 4 is 6.29 Å². The molecule has 1 aliphatic rings. The van der Waals surface area contributed by atoms with Gasteiger partial charge in [0, 0.05) is 18.0 Å². The molecule has 2 heterocycles. The topological polar surface area (TPSA) is 34.9 Å². The molecule has 18 heavy (non-hydrogen) atoms. The van der Waals surface area contributed by atoms with Gasteiger partial charge >= 0.3 is 0 Å². The van der Waals surface area contributed by atoms with Crippen molar-refractivity contribution in [1.82, 2.24) is 9.55 Å². The van der Waals surface area contributed by atoms with Gasteiger partial charge in [-0.2, -0.15) is 0 Å². The summed E-state index contributed by atoms with van der Waals surface area (Å²) in [6.07, 6.45) is 4.20. The van der Waals surface area contributed by atoms with E-state index in [9.17, 15) is 4.79 Å². The minimum Gasteiger partial charge on any atom is -0.322 e. The van der Waals surface area contributed by atoms with Gasteiger partial charge < -0.3 is 4.57 Å². The molecule has 0 aliphatic carbocycles. The molecule has 1 aromatic heterocycles. The Hall–Kier alpha value is -1.90. The van der Waals surface area contributed by atoms with Crippen molar-refractivity contribution in [2.24, 2.45) is 0 Å². The van der Waals surface area contributed by atoms with E-state index in [0.29, 0.717) is 6.04 Å². The minimum absolute atomic E-state index is 0.374. The van der Waals surface area contributed by atoms with E-state index in [1.165, 1.54) is 0 Å². The molecule has 1 atom stereocenters. The van der Waals surface area contributed by atoms with Crippen LogP contribution in [-0.2, 0) is 6.42 Å². The highest BCUT2D eigenvalue weighted by Crippen LogP contribution is 2.31. The Kier molecular flexibility index (Phi) is 2.74. The third-order valence-corrected chi connectivity index (χ3v) is 3.64. The zero-order chi connectivity index (χ0) is 12.5. The third-order valence-electron chi connectivity index (χ3n) is 3.64. The largest absolute Gasteiger partial charge is 0.322 e. The van der Waals surface area contributed by atoms with Crippen molar-refractivity contribution in [2.75, 3.05) is 0 Å². The summed E-state index contributed by atoms with van der Waals surface area (Å²) < 4.78 is 2.11. The van der Waals surface area contributed by atoms with Crippen LogP contribution in [0.4, 0.5) is 0 Å². The molecule has 3 heteroatoms. The predicted octanol–water partition coefficient (Wildman–Crippen LogP) is 3.26. The molecule has 0 saturated heterocycles. The number of hydrogen-bond acceptors (Lipinski definition) is 2. The quantitative estimate of drug-likeness (QED) is 0.755. The van der Waals surface area contributed by atoms with Crippen LogP contribution in [0.1, 0.15) is 42.1 Å². The van der Waals surface area contributed by atoms with Crippen LogP contribution in [-0.4, -0.2) is 15.8 Å². The zero-order valence-electron chi connectivity index (χ0n) is 10.5. The van der Waals surface area contributed by atoms with Gasteiger partial charge in [0.1, 0.15) is 11.5 Å². The Balaban J connectivity index is 2.19. The number of nitrogens with zero attached hydrogens (tertiary/aromatic N) is 2. The van der Waals surface area contributed by atoms with E-state index in [-0.39, 0.29) is 0 Å². The molecule has 0 amide bonds. The maximum atomic E-state index is 11.4. The Morgan fingerprint density at radius 2 is 2.11 bits per heavy atom. The molecule has 0 N–H and O–H groups in total. The summed E-state index contributed by atoms with van der Waals surface area (Å²) >= 11 is 0. The van der Waals surface area contributed by atoms with E-state index in [1.54, 1.807) is 0 Å². The molecule has 0 fully saturated rings. The standard InChI is InChI=1S/C15H16N2O/c1-11-6-5-9-14-16-15(13(10-18)17(11)14)12-7-3-2-4-8-12/h2-4,7-8,10-11H,5-6,9H2,1H3. The number of fused-ring (bicyclic) bond motifs is 1. The Labute approximate surface area is 106 Å². The van der Waals surface area contributed by atoms with Crippen LogP contribution in [0.2, 0.25) is 0 Å². The highest BCUT2D eigenvalue weighted by Gasteiger charge is 2.24. The van der Waals surface area contributed by atoms with Gasteiger partial charge in [0.15, 0.2) is 6.29 Å². The molecule has 3 nitrogen and oxygen atoms in total. The molecule has 2 aromatic rings. The first-order chi connectivity index (χ1) is 8.81. The number of aldehydes is 1. The van der Waals surface area contributed by atoms with Crippen LogP contribution in [0.25, 0.3) is 11.3 Å². The summed E-state index contributed by atoms with van der Waals surface area (Å²) in [6.45, 7) is 2.16. The van der Waals surface area contributed by atoms with Gasteiger partial charge in [-0.25, -0.2) is 4.98 Å². The number of hydrogen-bond donors (Lipinski definition) is 0. The molecular weight excluding hydrogens is 224 g/mol. The second-order valence-corrected chi connectivity index (χ2v) is 4.86. The number of benzene rings is 1. The van der Waals surface area contributed by atoms with E-state index >= 15 is 0 Å². The number of rotatable bonds is 2. The monoisotopic (exact) mass is 240 g/mol. The molecule has 1 unspecified atom stereocenters. The lowest BCUT2D eigenvalue weighted by molar-refractivity contribution is 0.111. The fraction of sp³-hybridized carbons (Fsp3) is 0.333. The minimum atomic E-state index is 0.374. The molecule has 0 radical (unpaired) electrons. The van der Waals surface area contributed by atoms with Gasteiger partial charge in [0.25, 0.3) is 0 Å². The Bertz CT molecular complexity index is 572. The lowest BCUT2D eigenvalue weighted by atomic mass is 10.1. The molecule has 3 rings (SSSR count). The molecule has 1 aromatic carbocycles. The molecule has 0 bridgehead atoms. The van der Waals surface area contributed by atoms with Gasteiger partial charge in [0.05, 0.1) is 5.69 Å². The predicted molar refractivity (Wildman–Crippen MR) is 70.7 cm³/mol. The van der Waals surface area contributed by atoms with Gasteiger partial charge in [-0.3, -0.25) is 4.79 Å². The lowest BCUT2D eigenvalue weighted by Crippen LogP contribution is -2.17. The van der Waals surface area contributed by atoms with Crippen LogP contribution in [0.15, 0.2) is 30.3 Å². The lowest BCUT2D eigenvalue weighted by Gasteiger charge is -2.22. The summed E-state index contributed by atoms with van der Waals surface area (Å²) in [7, 11) is 0. The van der Waals surface area contributed by atoms with Crippen molar-refractivity contribution in [3.8, 4) is 11.3 Å². The van der Waals surface area contributed by atoms with Gasteiger partial charge in [0.2, 0.25) is 0 Å². The fourth-order valence-corrected chi connectivity index (χ4v) is 2.77. The molecule has 0 saturated carbocycles. The first kappa shape index (κ1) is 11.2. The van der Waals surface area contributed by atoms with Crippen molar-refractivity contribution < 1.29 is 4.79 Å². The summed E-state index contributed by atoms with van der Waals surface area (Å²) in [4.78, 5) is 16.1. The number of aromatic nitrogens is 2. The molecule has 0 spiro atoms. The molecule has 1 aliphatic heterocycles. The van der Waals surface area contributed by atoms with Crippen molar-refractivity contribution in [3.63, 3.8) is 0 Å². The number of carbonyl (C=O) groups is 1. The Morgan fingerprint density at radius 1 is 1.33 bits per heavy atom. The highest BCUT2D eigenvalue weighted by molar-refractivity contribution is 5.84. The van der Waals surface area contributed by atoms with Crippen LogP contribution < -0.4 is 0 Å². The van der Waals surface area contributed by atoms with E-state index in [0.717, 1.165) is 48.3 Å². The summed E-state index contributed by atoms with van der Waals surface area (Å²) in [5.41, 5.74) is 2.58. The SMILES string of the molecule is CC1CCCc2nc(-c3ccccc3)c(C=O)n21. The first-order valence-electron chi connectivity index (χ1n) is 6.43. The normalized spacial score (nSPS) is 18.4. The maximum Gasteiger partial charge on any atom is 0.168 e. The second kappa shape index (κ2) is 4.41. The van der Waals surface area contributed by atoms with E-state index in [1.807, 2.05) is 30.3 Å². The van der Waals surface area contributed by atoms with Crippen molar-refractivity contribution in [1.29, 1.82) is 0 Å². The summed E-state index contributed by atoms with van der Waals surface area (Å²) in [6, 6.07) is 10.3. The van der Waals surface area contributed by atoms with E-state index < -0.39 is 0 Å². The summed E-state index contributed by atoms with van der Waals surface area (Å²) in [5, 5.41) is 0. The van der Waals surface area contributed by atoms with E-state index in [2.05, 4.69) is 16.5 Å². The van der Waals surface area contributed by atoms with E-state index in [4.69, 9.17) is 0 Å². The van der Waals surface area contributed by atoms with Crippen molar-refractivity contribution in [2.45, 2.75) is 32.2 Å². The average molecular weight is 240 g/mol. The fourth-order valence-electron chi connectivity index (χ4n) is 2.77. The van der Waals surface area contributed by atoms with Crippen LogP contribution in [0.3, 0.4) is 0 Å².